The highest BCUT2D eigenvalue weighted by Gasteiger charge is 1.99. The van der Waals surface area contributed by atoms with Gasteiger partial charge >= 0.3 is 0 Å². The van der Waals surface area contributed by atoms with Crippen LogP contribution < -0.4 is 9.67 Å². The summed E-state index contributed by atoms with van der Waals surface area (Å²) < 4.78 is 1.89. The molecular weight excluding hydrogens is 174 g/mol. The van der Waals surface area contributed by atoms with Crippen molar-refractivity contribution in [2.24, 2.45) is 0 Å². The van der Waals surface area contributed by atoms with Gasteiger partial charge in [0.1, 0.15) is 0 Å². The van der Waals surface area contributed by atoms with E-state index in [9.17, 15) is 5.11 Å². The Kier molecular flexibility index (Phi) is 2.45. The van der Waals surface area contributed by atoms with E-state index < -0.39 is 0 Å². The van der Waals surface area contributed by atoms with Gasteiger partial charge in [-0.05, 0) is 5.75 Å². The van der Waals surface area contributed by atoms with Gasteiger partial charge < -0.3 is 5.11 Å². The quantitative estimate of drug-likeness (QED) is 0.643. The van der Waals surface area contributed by atoms with E-state index in [4.69, 9.17) is 0 Å². The Labute approximate surface area is 83.1 Å². The predicted octanol–water partition coefficient (Wildman–Crippen LogP) is 1.10. The molecule has 0 aliphatic carbocycles. The van der Waals surface area contributed by atoms with Gasteiger partial charge in [0.25, 0.3) is 0 Å². The minimum Gasteiger partial charge on any atom is -0.868 e. The smallest absolute Gasteiger partial charge is 0.173 e. The van der Waals surface area contributed by atoms with E-state index in [1.807, 2.05) is 41.1 Å². The van der Waals surface area contributed by atoms with Crippen LogP contribution in [0.4, 0.5) is 0 Å². The van der Waals surface area contributed by atoms with Gasteiger partial charge in [0.2, 0.25) is 0 Å². The summed E-state index contributed by atoms with van der Waals surface area (Å²) >= 11 is 0. The van der Waals surface area contributed by atoms with Crippen LogP contribution in [0.2, 0.25) is 0 Å². The second-order valence-electron chi connectivity index (χ2n) is 3.20. The van der Waals surface area contributed by atoms with Gasteiger partial charge in [-0.15, -0.1) is 0 Å². The zero-order chi connectivity index (χ0) is 9.80. The minimum atomic E-state index is 0.0448. The number of hydrogen-bond donors (Lipinski definition) is 0. The fourth-order valence-electron chi connectivity index (χ4n) is 1.39. The van der Waals surface area contributed by atoms with Crippen molar-refractivity contribution in [1.29, 1.82) is 0 Å². The molecule has 1 heterocycles. The molecule has 0 spiro atoms. The molecule has 0 N–H and O–H groups in total. The van der Waals surface area contributed by atoms with Crippen molar-refractivity contribution in [3.63, 3.8) is 0 Å². The lowest BCUT2D eigenvalue weighted by Crippen LogP contribution is -2.33. The number of benzene rings is 1. The lowest BCUT2D eigenvalue weighted by atomic mass is 10.2. The molecule has 0 radical (unpaired) electrons. The third kappa shape index (κ3) is 2.10. The summed E-state index contributed by atoms with van der Waals surface area (Å²) in [5.74, 6) is 0.0448. The summed E-state index contributed by atoms with van der Waals surface area (Å²) in [6.45, 7) is 0.747. The van der Waals surface area contributed by atoms with Crippen LogP contribution in [0.1, 0.15) is 5.56 Å². The second-order valence-corrected chi connectivity index (χ2v) is 3.20. The summed E-state index contributed by atoms with van der Waals surface area (Å²) in [6, 6.07) is 13.4. The molecule has 0 saturated heterocycles. The van der Waals surface area contributed by atoms with E-state index in [-0.39, 0.29) is 5.75 Å². The SMILES string of the molecule is [O-]c1ccc[n+](Cc2ccccc2)c1. The average molecular weight is 185 g/mol. The Morgan fingerprint density at radius 3 is 2.50 bits per heavy atom. The molecule has 0 aliphatic heterocycles. The van der Waals surface area contributed by atoms with E-state index in [1.165, 1.54) is 5.56 Å². The van der Waals surface area contributed by atoms with E-state index >= 15 is 0 Å². The van der Waals surface area contributed by atoms with Crippen LogP contribution in [0.25, 0.3) is 0 Å². The maximum atomic E-state index is 11.1. The molecule has 0 atom stereocenters. The predicted molar refractivity (Wildman–Crippen MR) is 51.6 cm³/mol. The fourth-order valence-corrected chi connectivity index (χ4v) is 1.39. The van der Waals surface area contributed by atoms with E-state index in [0.29, 0.717) is 0 Å². The molecular formula is C12H11NO. The lowest BCUT2D eigenvalue weighted by Gasteiger charge is -2.02. The molecule has 70 valence electrons. The van der Waals surface area contributed by atoms with Gasteiger partial charge in [-0.3, -0.25) is 0 Å². The van der Waals surface area contributed by atoms with Gasteiger partial charge in [-0.2, -0.15) is 0 Å². The number of aromatic nitrogens is 1. The summed E-state index contributed by atoms with van der Waals surface area (Å²) in [7, 11) is 0. The molecule has 2 nitrogen and oxygen atoms in total. The van der Waals surface area contributed by atoms with E-state index in [0.717, 1.165) is 6.54 Å². The van der Waals surface area contributed by atoms with Crippen molar-refractivity contribution in [3.8, 4) is 5.75 Å². The van der Waals surface area contributed by atoms with Crippen molar-refractivity contribution in [3.05, 3.63) is 60.4 Å². The standard InChI is InChI=1S/C12H11NO/c14-12-7-4-8-13(10-12)9-11-5-2-1-3-6-11/h1-8,10H,9H2. The largest absolute Gasteiger partial charge is 0.868 e. The molecule has 0 unspecified atom stereocenters. The molecule has 0 aliphatic rings. The molecule has 2 rings (SSSR count). The number of pyridine rings is 1. The number of hydrogen-bond acceptors (Lipinski definition) is 1. The highest BCUT2D eigenvalue weighted by Crippen LogP contribution is 2.00. The van der Waals surface area contributed by atoms with Gasteiger partial charge in [-0.1, -0.05) is 36.4 Å². The molecule has 2 heteroatoms. The lowest BCUT2D eigenvalue weighted by molar-refractivity contribution is -0.690. The monoisotopic (exact) mass is 185 g/mol. The fraction of sp³-hybridized carbons (Fsp3) is 0.0833. The zero-order valence-electron chi connectivity index (χ0n) is 7.76. The van der Waals surface area contributed by atoms with Crippen LogP contribution >= 0.6 is 0 Å². The van der Waals surface area contributed by atoms with Crippen LogP contribution in [-0.4, -0.2) is 0 Å². The minimum absolute atomic E-state index is 0.0448. The van der Waals surface area contributed by atoms with Gasteiger partial charge in [0.15, 0.2) is 18.9 Å². The van der Waals surface area contributed by atoms with Crippen LogP contribution in [0, 0.1) is 0 Å². The summed E-state index contributed by atoms with van der Waals surface area (Å²) in [5, 5.41) is 11.1. The molecule has 0 bridgehead atoms. The third-order valence-corrected chi connectivity index (χ3v) is 2.04. The Balaban J connectivity index is 2.19. The van der Waals surface area contributed by atoms with Crippen LogP contribution in [-0.2, 0) is 6.54 Å². The maximum Gasteiger partial charge on any atom is 0.173 e. The normalized spacial score (nSPS) is 10.0. The first kappa shape index (κ1) is 8.75. The molecule has 1 aromatic heterocycles. The Morgan fingerprint density at radius 2 is 1.79 bits per heavy atom. The van der Waals surface area contributed by atoms with Gasteiger partial charge in [0, 0.05) is 11.6 Å². The van der Waals surface area contributed by atoms with Crippen molar-refractivity contribution in [2.45, 2.75) is 6.54 Å². The second kappa shape index (κ2) is 3.92. The average Bonchev–Trinajstić information content (AvgIpc) is 2.19. The first-order valence-electron chi connectivity index (χ1n) is 4.55. The molecule has 2 aromatic rings. The van der Waals surface area contributed by atoms with Crippen molar-refractivity contribution < 1.29 is 9.67 Å². The van der Waals surface area contributed by atoms with Gasteiger partial charge in [0.05, 0.1) is 0 Å². The molecule has 14 heavy (non-hydrogen) atoms. The molecule has 0 saturated carbocycles. The topological polar surface area (TPSA) is 26.9 Å². The van der Waals surface area contributed by atoms with E-state index in [1.54, 1.807) is 18.3 Å². The Hall–Kier alpha value is -1.83. The van der Waals surface area contributed by atoms with Gasteiger partial charge in [-0.25, -0.2) is 4.57 Å². The third-order valence-electron chi connectivity index (χ3n) is 2.04. The van der Waals surface area contributed by atoms with Crippen LogP contribution in [0.15, 0.2) is 54.9 Å². The first-order valence-corrected chi connectivity index (χ1v) is 4.55. The Bertz CT molecular complexity index is 412. The molecule has 0 amide bonds. The molecule has 0 fully saturated rings. The van der Waals surface area contributed by atoms with Crippen molar-refractivity contribution in [1.82, 2.24) is 0 Å². The number of nitrogens with zero attached hydrogens (tertiary/aromatic N) is 1. The first-order chi connectivity index (χ1) is 6.84. The number of rotatable bonds is 2. The van der Waals surface area contributed by atoms with E-state index in [2.05, 4.69) is 0 Å². The highest BCUT2D eigenvalue weighted by molar-refractivity contribution is 5.13. The Morgan fingerprint density at radius 1 is 1.00 bits per heavy atom. The summed E-state index contributed by atoms with van der Waals surface area (Å²) in [6.07, 6.45) is 3.50. The van der Waals surface area contributed by atoms with Crippen LogP contribution in [0.5, 0.6) is 5.75 Å². The summed E-state index contributed by atoms with van der Waals surface area (Å²) in [4.78, 5) is 0. The molecule has 1 aromatic carbocycles. The van der Waals surface area contributed by atoms with Crippen molar-refractivity contribution >= 4 is 0 Å². The van der Waals surface area contributed by atoms with Crippen molar-refractivity contribution in [2.75, 3.05) is 0 Å². The summed E-state index contributed by atoms with van der Waals surface area (Å²) in [5.41, 5.74) is 1.20. The zero-order valence-corrected chi connectivity index (χ0v) is 7.76. The highest BCUT2D eigenvalue weighted by atomic mass is 16.3. The van der Waals surface area contributed by atoms with Crippen LogP contribution in [0.3, 0.4) is 0 Å². The maximum absolute atomic E-state index is 11.1.